The minimum absolute atomic E-state index is 0.0112. The fourth-order valence-corrected chi connectivity index (χ4v) is 4.96. The van der Waals surface area contributed by atoms with Crippen LogP contribution in [0.1, 0.15) is 62.0 Å². The third-order valence-corrected chi connectivity index (χ3v) is 7.07. The topological polar surface area (TPSA) is 90.8 Å². The van der Waals surface area contributed by atoms with Gasteiger partial charge in [-0.2, -0.15) is 0 Å². The molecule has 1 N–H and O–H groups in total. The predicted molar refractivity (Wildman–Crippen MR) is 119 cm³/mol. The molecular formula is C25H31FN2O5. The fraction of sp³-hybridized carbons (Fsp3) is 0.560. The van der Waals surface area contributed by atoms with Crippen molar-refractivity contribution in [2.45, 2.75) is 56.5 Å². The van der Waals surface area contributed by atoms with E-state index >= 15 is 0 Å². The minimum Gasteiger partial charge on any atom is -0.481 e. The van der Waals surface area contributed by atoms with Crippen molar-refractivity contribution in [2.75, 3.05) is 20.8 Å². The molecule has 2 saturated carbocycles. The molecule has 0 saturated heterocycles. The van der Waals surface area contributed by atoms with Gasteiger partial charge in [0.05, 0.1) is 31.9 Å². The van der Waals surface area contributed by atoms with E-state index in [0.717, 1.165) is 31.2 Å². The third-order valence-electron chi connectivity index (χ3n) is 7.07. The van der Waals surface area contributed by atoms with Crippen LogP contribution in [0, 0.1) is 17.7 Å². The Bertz CT molecular complexity index is 973. The van der Waals surface area contributed by atoms with Gasteiger partial charge in [0.2, 0.25) is 11.8 Å². The number of aromatic nitrogens is 2. The average molecular weight is 459 g/mol. The number of methoxy groups -OCH3 is 2. The highest BCUT2D eigenvalue weighted by atomic mass is 19.1. The summed E-state index contributed by atoms with van der Waals surface area (Å²) < 4.78 is 31.6. The van der Waals surface area contributed by atoms with Gasteiger partial charge in [-0.15, -0.1) is 0 Å². The second kappa shape index (κ2) is 10.0. The maximum Gasteiger partial charge on any atom is 0.303 e. The van der Waals surface area contributed by atoms with E-state index in [9.17, 15) is 14.3 Å². The van der Waals surface area contributed by atoms with Crippen molar-refractivity contribution in [3.05, 3.63) is 47.5 Å². The molecular weight excluding hydrogens is 427 g/mol. The van der Waals surface area contributed by atoms with Gasteiger partial charge in [0.1, 0.15) is 5.82 Å². The molecule has 0 amide bonds. The highest BCUT2D eigenvalue weighted by molar-refractivity contribution is 5.68. The lowest BCUT2D eigenvalue weighted by Gasteiger charge is -2.39. The van der Waals surface area contributed by atoms with Crippen molar-refractivity contribution < 1.29 is 28.5 Å². The SMILES string of the molecule is COc1cc([C@]2(OC)CC[C@@H](COc3cc(C(CC(=O)O)C4CC4)ccn3)CC2)c(F)cn1. The van der Waals surface area contributed by atoms with Crippen LogP contribution < -0.4 is 9.47 Å². The molecule has 4 rings (SSSR count). The van der Waals surface area contributed by atoms with Gasteiger partial charge in [0, 0.05) is 31.0 Å². The van der Waals surface area contributed by atoms with Crippen molar-refractivity contribution in [2.24, 2.45) is 11.8 Å². The second-order valence-corrected chi connectivity index (χ2v) is 9.13. The van der Waals surface area contributed by atoms with Crippen LogP contribution in [0.4, 0.5) is 4.39 Å². The molecule has 0 spiro atoms. The van der Waals surface area contributed by atoms with E-state index in [1.165, 1.54) is 13.3 Å². The fourth-order valence-electron chi connectivity index (χ4n) is 4.96. The Hall–Kier alpha value is -2.74. The minimum atomic E-state index is -0.779. The first-order valence-corrected chi connectivity index (χ1v) is 11.5. The van der Waals surface area contributed by atoms with Crippen LogP contribution in [-0.4, -0.2) is 41.9 Å². The lowest BCUT2D eigenvalue weighted by atomic mass is 9.75. The Labute approximate surface area is 193 Å². The molecule has 33 heavy (non-hydrogen) atoms. The van der Waals surface area contributed by atoms with Crippen molar-refractivity contribution in [3.8, 4) is 11.8 Å². The second-order valence-electron chi connectivity index (χ2n) is 9.13. The Morgan fingerprint density at radius 2 is 1.94 bits per heavy atom. The Morgan fingerprint density at radius 3 is 2.58 bits per heavy atom. The summed E-state index contributed by atoms with van der Waals surface area (Å²) in [6.45, 7) is 0.505. The quantitative estimate of drug-likeness (QED) is 0.552. The first-order valence-electron chi connectivity index (χ1n) is 11.5. The number of nitrogens with zero attached hydrogens (tertiary/aromatic N) is 2. The van der Waals surface area contributed by atoms with Gasteiger partial charge in [-0.25, -0.2) is 14.4 Å². The van der Waals surface area contributed by atoms with Crippen LogP contribution in [0.3, 0.4) is 0 Å². The van der Waals surface area contributed by atoms with Crippen molar-refractivity contribution in [3.63, 3.8) is 0 Å². The van der Waals surface area contributed by atoms with E-state index in [-0.39, 0.29) is 18.2 Å². The van der Waals surface area contributed by atoms with Crippen LogP contribution in [0.25, 0.3) is 0 Å². The van der Waals surface area contributed by atoms with Gasteiger partial charge < -0.3 is 19.3 Å². The van der Waals surface area contributed by atoms with E-state index in [1.54, 1.807) is 19.4 Å². The van der Waals surface area contributed by atoms with Crippen LogP contribution in [0.15, 0.2) is 30.6 Å². The third kappa shape index (κ3) is 5.43. The van der Waals surface area contributed by atoms with Crippen LogP contribution in [0.5, 0.6) is 11.8 Å². The molecule has 0 bridgehead atoms. The summed E-state index contributed by atoms with van der Waals surface area (Å²) in [6.07, 6.45) is 8.12. The monoisotopic (exact) mass is 458 g/mol. The summed E-state index contributed by atoms with van der Waals surface area (Å²) in [4.78, 5) is 19.5. The molecule has 0 aliphatic heterocycles. The zero-order valence-corrected chi connectivity index (χ0v) is 19.1. The van der Waals surface area contributed by atoms with E-state index < -0.39 is 11.6 Å². The van der Waals surface area contributed by atoms with Crippen molar-refractivity contribution >= 4 is 5.97 Å². The first kappa shape index (κ1) is 23.4. The molecule has 0 radical (unpaired) electrons. The number of rotatable bonds is 10. The number of carboxylic acids is 1. The molecule has 2 aliphatic rings. The summed E-state index contributed by atoms with van der Waals surface area (Å²) in [7, 11) is 3.13. The van der Waals surface area contributed by atoms with Gasteiger partial charge in [0.15, 0.2) is 0 Å². The number of aliphatic carboxylic acids is 1. The number of ether oxygens (including phenoxy) is 3. The highest BCUT2D eigenvalue weighted by Gasteiger charge is 2.40. The molecule has 1 atom stereocenters. The number of halogens is 1. The molecule has 2 fully saturated rings. The van der Waals surface area contributed by atoms with Gasteiger partial charge in [-0.05, 0) is 67.9 Å². The lowest BCUT2D eigenvalue weighted by molar-refractivity contribution is -0.137. The maximum atomic E-state index is 14.6. The highest BCUT2D eigenvalue weighted by Crippen LogP contribution is 2.45. The molecule has 2 aromatic heterocycles. The molecule has 0 aromatic carbocycles. The lowest BCUT2D eigenvalue weighted by Crippen LogP contribution is -2.36. The van der Waals surface area contributed by atoms with E-state index in [4.69, 9.17) is 14.2 Å². The standard InChI is InChI=1S/C25H31FN2O5/c1-31-22-13-20(21(26)14-28-22)25(32-2)8-5-16(6-9-25)15-33-23-11-18(7-10-27-23)19(12-24(29)30)17-3-4-17/h7,10-11,13-14,16-17,19H,3-6,8-9,12,15H2,1-2H3,(H,29,30)/t16-,19?,25+. The largest absolute Gasteiger partial charge is 0.481 e. The van der Waals surface area contributed by atoms with Crippen LogP contribution in [0.2, 0.25) is 0 Å². The predicted octanol–water partition coefficient (Wildman–Crippen LogP) is 4.70. The summed E-state index contributed by atoms with van der Waals surface area (Å²) in [5, 5.41) is 9.27. The molecule has 2 aliphatic carbocycles. The normalized spacial score (nSPS) is 23.7. The Kier molecular flexibility index (Phi) is 7.12. The summed E-state index contributed by atoms with van der Waals surface area (Å²) in [5.41, 5.74) is 0.757. The number of hydrogen-bond donors (Lipinski definition) is 1. The molecule has 1 unspecified atom stereocenters. The Morgan fingerprint density at radius 1 is 1.18 bits per heavy atom. The summed E-state index contributed by atoms with van der Waals surface area (Å²) >= 11 is 0. The molecule has 2 aromatic rings. The van der Waals surface area contributed by atoms with Gasteiger partial charge in [-0.3, -0.25) is 4.79 Å². The Balaban J connectivity index is 1.37. The van der Waals surface area contributed by atoms with Gasteiger partial charge in [-0.1, -0.05) is 0 Å². The summed E-state index contributed by atoms with van der Waals surface area (Å²) in [5.74, 6) is 0.465. The number of carboxylic acid groups (broad SMARTS) is 1. The number of pyridine rings is 2. The van der Waals surface area contributed by atoms with E-state index in [2.05, 4.69) is 9.97 Å². The maximum absolute atomic E-state index is 14.6. The van der Waals surface area contributed by atoms with E-state index in [0.29, 0.717) is 48.6 Å². The first-order chi connectivity index (χ1) is 15.9. The summed E-state index contributed by atoms with van der Waals surface area (Å²) in [6, 6.07) is 5.40. The van der Waals surface area contributed by atoms with Gasteiger partial charge >= 0.3 is 5.97 Å². The van der Waals surface area contributed by atoms with Crippen LogP contribution in [-0.2, 0) is 15.1 Å². The zero-order valence-electron chi connectivity index (χ0n) is 19.1. The van der Waals surface area contributed by atoms with Gasteiger partial charge in [0.25, 0.3) is 0 Å². The zero-order chi connectivity index (χ0) is 23.4. The molecule has 178 valence electrons. The number of hydrogen-bond acceptors (Lipinski definition) is 6. The van der Waals surface area contributed by atoms with Crippen molar-refractivity contribution in [1.82, 2.24) is 9.97 Å². The van der Waals surface area contributed by atoms with Crippen molar-refractivity contribution in [1.29, 1.82) is 0 Å². The molecule has 2 heterocycles. The van der Waals surface area contributed by atoms with Crippen LogP contribution >= 0.6 is 0 Å². The smallest absolute Gasteiger partial charge is 0.303 e. The average Bonchev–Trinajstić information content (AvgIpc) is 3.67. The molecule has 8 heteroatoms. The van der Waals surface area contributed by atoms with E-state index in [1.807, 2.05) is 12.1 Å². The molecule has 7 nitrogen and oxygen atoms in total. The number of carbonyl (C=O) groups is 1.